The first-order chi connectivity index (χ1) is 9.92. The number of hydrogen-bond donors (Lipinski definition) is 0. The molecule has 0 aromatic carbocycles. The van der Waals surface area contributed by atoms with Gasteiger partial charge in [0.15, 0.2) is 0 Å². The van der Waals surface area contributed by atoms with Crippen LogP contribution in [0.3, 0.4) is 0 Å². The third-order valence-corrected chi connectivity index (χ3v) is 3.66. The van der Waals surface area contributed by atoms with Crippen molar-refractivity contribution < 1.29 is 0 Å². The topological polar surface area (TPSA) is 81.8 Å². The number of fused-ring (bicyclic) bond motifs is 1. The summed E-state index contributed by atoms with van der Waals surface area (Å²) in [5.41, 5.74) is 1.65. The largest absolute Gasteiger partial charge is 0.265 e. The highest BCUT2D eigenvalue weighted by Crippen LogP contribution is 2.26. The molecule has 7 nitrogen and oxygen atoms in total. The highest BCUT2D eigenvalue weighted by Gasteiger charge is 2.15. The third kappa shape index (κ3) is 1.74. The summed E-state index contributed by atoms with van der Waals surface area (Å²) in [6, 6.07) is 3.82. The molecule has 0 saturated heterocycles. The van der Waals surface area contributed by atoms with E-state index in [4.69, 9.17) is 0 Å². The summed E-state index contributed by atoms with van der Waals surface area (Å²) in [4.78, 5) is 13.0. The molecule has 4 aromatic heterocycles. The molecule has 0 aliphatic heterocycles. The Labute approximate surface area is 117 Å². The van der Waals surface area contributed by atoms with Crippen LogP contribution in [0.15, 0.2) is 43.1 Å². The zero-order chi connectivity index (χ0) is 13.4. The maximum absolute atomic E-state index is 4.53. The fraction of sp³-hybridized carbons (Fsp3) is 0. The van der Waals surface area contributed by atoms with Crippen molar-refractivity contribution in [3.8, 4) is 22.1 Å². The van der Waals surface area contributed by atoms with E-state index in [1.54, 1.807) is 35.5 Å². The van der Waals surface area contributed by atoms with Crippen molar-refractivity contribution >= 4 is 16.3 Å². The minimum atomic E-state index is 0.588. The van der Waals surface area contributed by atoms with E-state index in [2.05, 4.69) is 30.2 Å². The Morgan fingerprint density at radius 2 is 1.85 bits per heavy atom. The van der Waals surface area contributed by atoms with Gasteiger partial charge in [-0.2, -0.15) is 9.61 Å². The molecule has 0 bridgehead atoms. The molecule has 8 heteroatoms. The molecule has 0 fully saturated rings. The highest BCUT2D eigenvalue weighted by atomic mass is 32.1. The van der Waals surface area contributed by atoms with Gasteiger partial charge in [0.25, 0.3) is 0 Å². The SMILES string of the molecule is c1cc(-c2nn3c(-c4cnccn4)nnc3s2)ccn1. The Morgan fingerprint density at radius 3 is 2.65 bits per heavy atom. The summed E-state index contributed by atoms with van der Waals surface area (Å²) in [5, 5.41) is 13.6. The van der Waals surface area contributed by atoms with Crippen LogP contribution in [0.25, 0.3) is 27.1 Å². The van der Waals surface area contributed by atoms with Gasteiger partial charge in [-0.25, -0.2) is 4.98 Å². The maximum atomic E-state index is 4.53. The van der Waals surface area contributed by atoms with Crippen LogP contribution < -0.4 is 0 Å². The van der Waals surface area contributed by atoms with Crippen molar-refractivity contribution in [2.24, 2.45) is 0 Å². The van der Waals surface area contributed by atoms with Gasteiger partial charge in [-0.1, -0.05) is 11.3 Å². The minimum absolute atomic E-state index is 0.588. The molecule has 0 atom stereocenters. The molecule has 0 aliphatic carbocycles. The zero-order valence-electron chi connectivity index (χ0n) is 10.1. The lowest BCUT2D eigenvalue weighted by Crippen LogP contribution is -1.93. The van der Waals surface area contributed by atoms with Gasteiger partial charge in [-0.3, -0.25) is 9.97 Å². The summed E-state index contributed by atoms with van der Waals surface area (Å²) >= 11 is 1.47. The number of hydrogen-bond acceptors (Lipinski definition) is 7. The van der Waals surface area contributed by atoms with Crippen LogP contribution >= 0.6 is 11.3 Å². The van der Waals surface area contributed by atoms with Gasteiger partial charge in [0, 0.05) is 30.4 Å². The molecule has 0 saturated carbocycles. The van der Waals surface area contributed by atoms with E-state index in [9.17, 15) is 0 Å². The summed E-state index contributed by atoms with van der Waals surface area (Å²) in [6.07, 6.45) is 8.35. The predicted octanol–water partition coefficient (Wildman–Crippen LogP) is 1.70. The average Bonchev–Trinajstić information content (AvgIpc) is 3.09. The summed E-state index contributed by atoms with van der Waals surface area (Å²) in [7, 11) is 0. The first-order valence-corrected chi connectivity index (χ1v) is 6.62. The Kier molecular flexibility index (Phi) is 2.46. The number of nitrogens with zero attached hydrogens (tertiary/aromatic N) is 7. The molecule has 0 unspecified atom stereocenters. The first kappa shape index (κ1) is 11.1. The molecule has 4 aromatic rings. The van der Waals surface area contributed by atoms with Gasteiger partial charge >= 0.3 is 0 Å². The fourth-order valence-corrected chi connectivity index (χ4v) is 2.65. The monoisotopic (exact) mass is 281 g/mol. The molecule has 96 valence electrons. The molecule has 0 amide bonds. The predicted molar refractivity (Wildman–Crippen MR) is 72.9 cm³/mol. The van der Waals surface area contributed by atoms with Crippen molar-refractivity contribution in [3.63, 3.8) is 0 Å². The lowest BCUT2D eigenvalue weighted by atomic mass is 10.3. The van der Waals surface area contributed by atoms with Crippen molar-refractivity contribution in [2.75, 3.05) is 0 Å². The number of rotatable bonds is 2. The van der Waals surface area contributed by atoms with Crippen molar-refractivity contribution in [1.29, 1.82) is 0 Å². The normalized spacial score (nSPS) is 11.0. The van der Waals surface area contributed by atoms with Crippen molar-refractivity contribution in [2.45, 2.75) is 0 Å². The second-order valence-corrected chi connectivity index (χ2v) is 4.91. The van der Waals surface area contributed by atoms with Gasteiger partial charge in [0.05, 0.1) is 6.20 Å². The quantitative estimate of drug-likeness (QED) is 0.556. The third-order valence-electron chi connectivity index (χ3n) is 2.71. The summed E-state index contributed by atoms with van der Waals surface area (Å²) < 4.78 is 1.68. The van der Waals surface area contributed by atoms with E-state index in [-0.39, 0.29) is 0 Å². The molecule has 0 spiro atoms. The van der Waals surface area contributed by atoms with Gasteiger partial charge in [0.2, 0.25) is 10.8 Å². The Balaban J connectivity index is 1.88. The molecule has 0 N–H and O–H groups in total. The van der Waals surface area contributed by atoms with Crippen LogP contribution in [0.4, 0.5) is 0 Å². The van der Waals surface area contributed by atoms with E-state index in [1.807, 2.05) is 12.1 Å². The smallest absolute Gasteiger partial charge is 0.235 e. The van der Waals surface area contributed by atoms with E-state index in [1.165, 1.54) is 11.3 Å². The van der Waals surface area contributed by atoms with Crippen LogP contribution in [-0.2, 0) is 0 Å². The van der Waals surface area contributed by atoms with Gasteiger partial charge in [0.1, 0.15) is 10.7 Å². The molecule has 0 radical (unpaired) electrons. The maximum Gasteiger partial charge on any atom is 0.235 e. The van der Waals surface area contributed by atoms with Crippen LogP contribution in [-0.4, -0.2) is 34.8 Å². The van der Waals surface area contributed by atoms with Crippen LogP contribution in [0, 0.1) is 0 Å². The Hall–Kier alpha value is -2.74. The van der Waals surface area contributed by atoms with Gasteiger partial charge in [-0.15, -0.1) is 10.2 Å². The molecule has 4 rings (SSSR count). The minimum Gasteiger partial charge on any atom is -0.265 e. The van der Waals surface area contributed by atoms with E-state index in [0.29, 0.717) is 11.5 Å². The van der Waals surface area contributed by atoms with E-state index in [0.717, 1.165) is 15.5 Å². The first-order valence-electron chi connectivity index (χ1n) is 5.81. The molecular weight excluding hydrogens is 274 g/mol. The highest BCUT2D eigenvalue weighted by molar-refractivity contribution is 7.19. The molecule has 0 aliphatic rings. The second kappa shape index (κ2) is 4.42. The van der Waals surface area contributed by atoms with E-state index < -0.39 is 0 Å². The van der Waals surface area contributed by atoms with Crippen molar-refractivity contribution in [1.82, 2.24) is 34.8 Å². The van der Waals surface area contributed by atoms with Crippen molar-refractivity contribution in [3.05, 3.63) is 43.1 Å². The zero-order valence-corrected chi connectivity index (χ0v) is 10.9. The lowest BCUT2D eigenvalue weighted by molar-refractivity contribution is 0.957. The van der Waals surface area contributed by atoms with Gasteiger partial charge < -0.3 is 0 Å². The summed E-state index contributed by atoms with van der Waals surface area (Å²) in [5.74, 6) is 0.588. The number of aromatic nitrogens is 7. The van der Waals surface area contributed by atoms with Gasteiger partial charge in [-0.05, 0) is 12.1 Å². The fourth-order valence-electron chi connectivity index (χ4n) is 1.80. The summed E-state index contributed by atoms with van der Waals surface area (Å²) in [6.45, 7) is 0. The molecule has 20 heavy (non-hydrogen) atoms. The lowest BCUT2D eigenvalue weighted by Gasteiger charge is -1.94. The van der Waals surface area contributed by atoms with Crippen LogP contribution in [0.5, 0.6) is 0 Å². The average molecular weight is 281 g/mol. The number of pyridine rings is 1. The van der Waals surface area contributed by atoms with E-state index >= 15 is 0 Å². The second-order valence-electron chi connectivity index (χ2n) is 3.95. The molecular formula is C12H7N7S. The van der Waals surface area contributed by atoms with Crippen LogP contribution in [0.1, 0.15) is 0 Å². The Morgan fingerprint density at radius 1 is 0.950 bits per heavy atom. The standard InChI is InChI=1S/C12H7N7S/c1-3-13-4-2-8(1)11-18-19-10(16-17-12(19)20-11)9-7-14-5-6-15-9/h1-7H. The molecule has 4 heterocycles. The Bertz CT molecular complexity index is 853. The van der Waals surface area contributed by atoms with Crippen LogP contribution in [0.2, 0.25) is 0 Å².